The van der Waals surface area contributed by atoms with E-state index in [1.165, 1.54) is 0 Å². The molecule has 1 aromatic heterocycles. The van der Waals surface area contributed by atoms with E-state index < -0.39 is 0 Å². The highest BCUT2D eigenvalue weighted by Gasteiger charge is 1.81. The summed E-state index contributed by atoms with van der Waals surface area (Å²) < 4.78 is 0. The average molecular weight is 199 g/mol. The number of nitrogens with zero attached hydrogens (tertiary/aromatic N) is 1. The van der Waals surface area contributed by atoms with Gasteiger partial charge in [0, 0.05) is 31.0 Å². The summed E-state index contributed by atoms with van der Waals surface area (Å²) in [5.74, 6) is 11.4. The van der Waals surface area contributed by atoms with E-state index in [0.29, 0.717) is 0 Å². The summed E-state index contributed by atoms with van der Waals surface area (Å²) in [4.78, 5) is 3.95. The molecule has 0 atom stereocenters. The minimum Gasteiger partial charge on any atom is -0.396 e. The van der Waals surface area contributed by atoms with Crippen LogP contribution in [0.1, 0.15) is 24.8 Å². The van der Waals surface area contributed by atoms with Crippen molar-refractivity contribution in [3.63, 3.8) is 0 Å². The van der Waals surface area contributed by atoms with Crippen LogP contribution < -0.4 is 0 Å². The topological polar surface area (TPSA) is 33.1 Å². The largest absolute Gasteiger partial charge is 0.396 e. The van der Waals surface area contributed by atoms with E-state index in [1.807, 2.05) is 12.1 Å². The minimum absolute atomic E-state index is 0.239. The summed E-state index contributed by atoms with van der Waals surface area (Å²) in [5, 5.41) is 8.53. The average Bonchev–Trinajstić information content (AvgIpc) is 2.29. The van der Waals surface area contributed by atoms with Crippen LogP contribution in [0.3, 0.4) is 0 Å². The summed E-state index contributed by atoms with van der Waals surface area (Å²) in [7, 11) is 0. The maximum Gasteiger partial charge on any atom is 0.0439 e. The molecule has 76 valence electrons. The Morgan fingerprint density at radius 2 is 2.20 bits per heavy atom. The number of unbranched alkanes of at least 4 members (excludes halogenated alkanes) is 2. The van der Waals surface area contributed by atoms with Crippen LogP contribution in [0.15, 0.2) is 24.5 Å². The molecule has 0 unspecified atom stereocenters. The first kappa shape index (κ1) is 11.3. The molecule has 0 amide bonds. The highest BCUT2D eigenvalue weighted by molar-refractivity contribution is 5.38. The Kier molecular flexibility index (Phi) is 5.74. The fourth-order valence-corrected chi connectivity index (χ4v) is 0.972. The molecule has 2 heteroatoms. The van der Waals surface area contributed by atoms with Gasteiger partial charge < -0.3 is 5.11 Å². The quantitative estimate of drug-likeness (QED) is 0.592. The van der Waals surface area contributed by atoms with Crippen LogP contribution in [0.4, 0.5) is 0 Å². The van der Waals surface area contributed by atoms with Gasteiger partial charge in [-0.05, 0) is 36.8 Å². The van der Waals surface area contributed by atoms with Crippen LogP contribution in [0, 0.1) is 23.7 Å². The van der Waals surface area contributed by atoms with Gasteiger partial charge in [0.15, 0.2) is 0 Å². The first-order valence-corrected chi connectivity index (χ1v) is 4.93. The number of aliphatic hydroxyl groups is 1. The molecule has 0 radical (unpaired) electrons. The van der Waals surface area contributed by atoms with Gasteiger partial charge in [0.05, 0.1) is 0 Å². The molecule has 1 rings (SSSR count). The molecular formula is C13H13NO. The molecule has 1 aromatic rings. The zero-order chi connectivity index (χ0) is 10.8. The van der Waals surface area contributed by atoms with Gasteiger partial charge in [-0.25, -0.2) is 0 Å². The number of hydrogen-bond acceptors (Lipinski definition) is 2. The predicted octanol–water partition coefficient (Wildman–Crippen LogP) is 1.60. The second-order valence-corrected chi connectivity index (χ2v) is 2.97. The first-order valence-electron chi connectivity index (χ1n) is 4.93. The van der Waals surface area contributed by atoms with Gasteiger partial charge in [-0.15, -0.1) is 0 Å². The van der Waals surface area contributed by atoms with Crippen molar-refractivity contribution in [2.24, 2.45) is 0 Å². The molecule has 1 N–H and O–H groups in total. The Bertz CT molecular complexity index is 389. The summed E-state index contributed by atoms with van der Waals surface area (Å²) >= 11 is 0. The molecular weight excluding hydrogens is 186 g/mol. The van der Waals surface area contributed by atoms with Gasteiger partial charge in [-0.2, -0.15) is 0 Å². The normalized spacial score (nSPS) is 8.33. The third-order valence-corrected chi connectivity index (χ3v) is 1.73. The van der Waals surface area contributed by atoms with Crippen LogP contribution >= 0.6 is 0 Å². The Labute approximate surface area is 90.4 Å². The van der Waals surface area contributed by atoms with Crippen LogP contribution in [-0.4, -0.2) is 16.7 Å². The molecule has 0 bridgehead atoms. The lowest BCUT2D eigenvalue weighted by Crippen LogP contribution is -1.80. The molecule has 0 aromatic carbocycles. The van der Waals surface area contributed by atoms with E-state index >= 15 is 0 Å². The van der Waals surface area contributed by atoms with Gasteiger partial charge in [0.1, 0.15) is 0 Å². The maximum absolute atomic E-state index is 8.53. The molecule has 15 heavy (non-hydrogen) atoms. The van der Waals surface area contributed by atoms with Crippen molar-refractivity contribution < 1.29 is 5.11 Å². The molecule has 0 spiro atoms. The summed E-state index contributed by atoms with van der Waals surface area (Å²) in [5.41, 5.74) is 0.877. The zero-order valence-corrected chi connectivity index (χ0v) is 8.53. The number of aliphatic hydroxyl groups excluding tert-OH is 1. The minimum atomic E-state index is 0.239. The van der Waals surface area contributed by atoms with Crippen LogP contribution in [0.25, 0.3) is 0 Å². The van der Waals surface area contributed by atoms with E-state index in [4.69, 9.17) is 5.11 Å². The van der Waals surface area contributed by atoms with E-state index in [9.17, 15) is 0 Å². The smallest absolute Gasteiger partial charge is 0.0439 e. The highest BCUT2D eigenvalue weighted by Crippen LogP contribution is 1.92. The van der Waals surface area contributed by atoms with Crippen molar-refractivity contribution in [3.05, 3.63) is 30.1 Å². The SMILES string of the molecule is OCCCCC#CC#Cc1cccnc1. The predicted molar refractivity (Wildman–Crippen MR) is 59.8 cm³/mol. The van der Waals surface area contributed by atoms with E-state index in [2.05, 4.69) is 28.7 Å². The van der Waals surface area contributed by atoms with Gasteiger partial charge >= 0.3 is 0 Å². The van der Waals surface area contributed by atoms with E-state index in [0.717, 1.165) is 24.8 Å². The van der Waals surface area contributed by atoms with Crippen molar-refractivity contribution >= 4 is 0 Å². The molecule has 0 saturated carbocycles. The second-order valence-electron chi connectivity index (χ2n) is 2.97. The lowest BCUT2D eigenvalue weighted by molar-refractivity contribution is 0.285. The fraction of sp³-hybridized carbons (Fsp3) is 0.308. The Morgan fingerprint density at radius 3 is 2.93 bits per heavy atom. The number of pyridine rings is 1. The van der Waals surface area contributed by atoms with Crippen LogP contribution in [0.2, 0.25) is 0 Å². The standard InChI is InChI=1S/C13H13NO/c15-11-6-4-2-1-3-5-8-13-9-7-10-14-12-13/h7,9-10,12,15H,2,4,6,11H2. The van der Waals surface area contributed by atoms with Crippen molar-refractivity contribution in [2.75, 3.05) is 6.61 Å². The van der Waals surface area contributed by atoms with Gasteiger partial charge in [-0.3, -0.25) is 4.98 Å². The lowest BCUT2D eigenvalue weighted by atomic mass is 10.2. The molecule has 0 fully saturated rings. The molecule has 2 nitrogen and oxygen atoms in total. The lowest BCUT2D eigenvalue weighted by Gasteiger charge is -1.86. The monoisotopic (exact) mass is 199 g/mol. The summed E-state index contributed by atoms with van der Waals surface area (Å²) in [6.45, 7) is 0.239. The number of rotatable bonds is 3. The third kappa shape index (κ3) is 5.52. The number of aromatic nitrogens is 1. The van der Waals surface area contributed by atoms with Crippen LogP contribution in [0.5, 0.6) is 0 Å². The van der Waals surface area contributed by atoms with E-state index in [-0.39, 0.29) is 6.61 Å². The fourth-order valence-electron chi connectivity index (χ4n) is 0.972. The molecule has 0 saturated heterocycles. The first-order chi connectivity index (χ1) is 7.43. The Hall–Kier alpha value is -1.77. The van der Waals surface area contributed by atoms with Crippen molar-refractivity contribution in [1.29, 1.82) is 0 Å². The zero-order valence-electron chi connectivity index (χ0n) is 8.53. The molecule has 0 aliphatic carbocycles. The van der Waals surface area contributed by atoms with Gasteiger partial charge in [0.25, 0.3) is 0 Å². The highest BCUT2D eigenvalue weighted by atomic mass is 16.2. The molecule has 0 aliphatic rings. The Balaban J connectivity index is 2.33. The second kappa shape index (κ2) is 7.62. The van der Waals surface area contributed by atoms with Crippen molar-refractivity contribution in [2.45, 2.75) is 19.3 Å². The van der Waals surface area contributed by atoms with Gasteiger partial charge in [0.2, 0.25) is 0 Å². The summed E-state index contributed by atoms with van der Waals surface area (Å²) in [6.07, 6.45) is 5.96. The van der Waals surface area contributed by atoms with Crippen LogP contribution in [-0.2, 0) is 0 Å². The molecule has 1 heterocycles. The Morgan fingerprint density at radius 1 is 1.27 bits per heavy atom. The van der Waals surface area contributed by atoms with Gasteiger partial charge in [-0.1, -0.05) is 11.8 Å². The summed E-state index contributed by atoms with van der Waals surface area (Å²) in [6, 6.07) is 3.74. The third-order valence-electron chi connectivity index (χ3n) is 1.73. The maximum atomic E-state index is 8.53. The molecule has 0 aliphatic heterocycles. The number of hydrogen-bond donors (Lipinski definition) is 1. The van der Waals surface area contributed by atoms with Crippen molar-refractivity contribution in [3.8, 4) is 23.7 Å². The van der Waals surface area contributed by atoms with Crippen molar-refractivity contribution in [1.82, 2.24) is 4.98 Å². The van der Waals surface area contributed by atoms with E-state index in [1.54, 1.807) is 12.4 Å².